The molecule has 2 rings (SSSR count). The first-order valence-electron chi connectivity index (χ1n) is 7.90. The number of benzene rings is 2. The lowest BCUT2D eigenvalue weighted by molar-refractivity contribution is -0.124. The van der Waals surface area contributed by atoms with Gasteiger partial charge in [-0.2, -0.15) is 8.78 Å². The Bertz CT molecular complexity index is 884. The molecule has 1 N–H and O–H groups in total. The third kappa shape index (κ3) is 5.85. The molecule has 0 aliphatic rings. The molecular formula is C18H17F2NO5S. The van der Waals surface area contributed by atoms with Gasteiger partial charge in [0.2, 0.25) is 9.84 Å². The first-order chi connectivity index (χ1) is 12.8. The average Bonchev–Trinajstić information content (AvgIpc) is 2.67. The fourth-order valence-corrected chi connectivity index (χ4v) is 2.86. The van der Waals surface area contributed by atoms with Crippen molar-refractivity contribution < 1.29 is 31.5 Å². The number of amides is 1. The van der Waals surface area contributed by atoms with Gasteiger partial charge in [-0.15, -0.1) is 0 Å². The highest BCUT2D eigenvalue weighted by molar-refractivity contribution is 7.91. The molecular weight excluding hydrogens is 380 g/mol. The molecule has 144 valence electrons. The van der Waals surface area contributed by atoms with Crippen LogP contribution >= 0.6 is 0 Å². The lowest BCUT2D eigenvalue weighted by Crippen LogP contribution is -2.30. The SMILES string of the molecule is O=C(COC(=O)c1ccc(S(=O)(=O)C(F)F)cc1)NCCc1ccccc1. The Labute approximate surface area is 155 Å². The Morgan fingerprint density at radius 1 is 1.00 bits per heavy atom. The van der Waals surface area contributed by atoms with Crippen LogP contribution in [0, 0.1) is 0 Å². The molecule has 0 spiro atoms. The minimum Gasteiger partial charge on any atom is -0.452 e. The van der Waals surface area contributed by atoms with Gasteiger partial charge < -0.3 is 10.1 Å². The number of esters is 1. The Hall–Kier alpha value is -2.81. The molecule has 0 aromatic heterocycles. The second-order valence-corrected chi connectivity index (χ2v) is 7.41. The minimum atomic E-state index is -4.73. The summed E-state index contributed by atoms with van der Waals surface area (Å²) in [5.41, 5.74) is 0.994. The number of alkyl halides is 2. The molecule has 9 heteroatoms. The molecule has 2 aromatic carbocycles. The number of ether oxygens (including phenoxy) is 1. The Balaban J connectivity index is 1.80. The van der Waals surface area contributed by atoms with Gasteiger partial charge in [0, 0.05) is 6.54 Å². The van der Waals surface area contributed by atoms with Gasteiger partial charge in [-0.25, -0.2) is 13.2 Å². The second kappa shape index (κ2) is 9.22. The van der Waals surface area contributed by atoms with Crippen molar-refractivity contribution in [2.45, 2.75) is 17.1 Å². The van der Waals surface area contributed by atoms with E-state index in [2.05, 4.69) is 5.32 Å². The van der Waals surface area contributed by atoms with E-state index in [9.17, 15) is 26.8 Å². The van der Waals surface area contributed by atoms with Gasteiger partial charge in [-0.05, 0) is 36.2 Å². The van der Waals surface area contributed by atoms with Crippen molar-refractivity contribution in [1.82, 2.24) is 5.32 Å². The van der Waals surface area contributed by atoms with Crippen molar-refractivity contribution in [1.29, 1.82) is 0 Å². The van der Waals surface area contributed by atoms with E-state index in [1.165, 1.54) is 0 Å². The number of carbonyl (C=O) groups excluding carboxylic acids is 2. The number of rotatable bonds is 8. The van der Waals surface area contributed by atoms with Crippen LogP contribution in [0.5, 0.6) is 0 Å². The highest BCUT2D eigenvalue weighted by Crippen LogP contribution is 2.18. The van der Waals surface area contributed by atoms with E-state index in [1.54, 1.807) is 0 Å². The molecule has 0 fully saturated rings. The lowest BCUT2D eigenvalue weighted by atomic mass is 10.1. The van der Waals surface area contributed by atoms with Gasteiger partial charge in [0.15, 0.2) is 6.61 Å². The van der Waals surface area contributed by atoms with Gasteiger partial charge in [0.05, 0.1) is 10.5 Å². The summed E-state index contributed by atoms with van der Waals surface area (Å²) in [4.78, 5) is 22.9. The predicted octanol–water partition coefficient (Wildman–Crippen LogP) is 2.20. The van der Waals surface area contributed by atoms with Crippen LogP contribution in [0.25, 0.3) is 0 Å². The molecule has 0 aliphatic heterocycles. The normalized spacial score (nSPS) is 11.2. The molecule has 27 heavy (non-hydrogen) atoms. The molecule has 1 amide bonds. The van der Waals surface area contributed by atoms with Gasteiger partial charge in [0.25, 0.3) is 5.91 Å². The molecule has 0 atom stereocenters. The summed E-state index contributed by atoms with van der Waals surface area (Å²) in [6.07, 6.45) is 0.626. The minimum absolute atomic E-state index is 0.0553. The molecule has 0 aliphatic carbocycles. The molecule has 0 saturated heterocycles. The predicted molar refractivity (Wildman–Crippen MR) is 93.1 cm³/mol. The lowest BCUT2D eigenvalue weighted by Gasteiger charge is -2.07. The van der Waals surface area contributed by atoms with E-state index in [0.717, 1.165) is 29.8 Å². The summed E-state index contributed by atoms with van der Waals surface area (Å²) in [6, 6.07) is 13.4. The van der Waals surface area contributed by atoms with Crippen molar-refractivity contribution in [3.05, 3.63) is 65.7 Å². The van der Waals surface area contributed by atoms with Crippen molar-refractivity contribution in [2.75, 3.05) is 13.2 Å². The maximum absolute atomic E-state index is 12.5. The molecule has 2 aromatic rings. The average molecular weight is 397 g/mol. The van der Waals surface area contributed by atoms with Crippen molar-refractivity contribution in [3.63, 3.8) is 0 Å². The number of hydrogen-bond donors (Lipinski definition) is 1. The fourth-order valence-electron chi connectivity index (χ4n) is 2.14. The fraction of sp³-hybridized carbons (Fsp3) is 0.222. The van der Waals surface area contributed by atoms with Crippen LogP contribution in [0.15, 0.2) is 59.5 Å². The third-order valence-electron chi connectivity index (χ3n) is 3.57. The maximum Gasteiger partial charge on any atom is 0.341 e. The van der Waals surface area contributed by atoms with Crippen LogP contribution in [0.1, 0.15) is 15.9 Å². The molecule has 0 unspecified atom stereocenters. The third-order valence-corrected chi connectivity index (χ3v) is 4.96. The van der Waals surface area contributed by atoms with Crippen molar-refractivity contribution in [3.8, 4) is 0 Å². The molecule has 0 saturated carbocycles. The number of hydrogen-bond acceptors (Lipinski definition) is 5. The summed E-state index contributed by atoms with van der Waals surface area (Å²) >= 11 is 0. The zero-order valence-corrected chi connectivity index (χ0v) is 14.9. The first kappa shape index (κ1) is 20.5. The largest absolute Gasteiger partial charge is 0.452 e. The van der Waals surface area contributed by atoms with E-state index >= 15 is 0 Å². The zero-order valence-electron chi connectivity index (χ0n) is 14.1. The van der Waals surface area contributed by atoms with Crippen molar-refractivity contribution in [2.24, 2.45) is 0 Å². The summed E-state index contributed by atoms with van der Waals surface area (Å²) in [6.45, 7) is -0.134. The molecule has 0 bridgehead atoms. The van der Waals surface area contributed by atoms with Crippen LogP contribution in [0.4, 0.5) is 8.78 Å². The monoisotopic (exact) mass is 397 g/mol. The Morgan fingerprint density at radius 3 is 2.22 bits per heavy atom. The van der Waals surface area contributed by atoms with Crippen molar-refractivity contribution >= 4 is 21.7 Å². The topological polar surface area (TPSA) is 89.5 Å². The maximum atomic E-state index is 12.5. The highest BCUT2D eigenvalue weighted by Gasteiger charge is 2.26. The molecule has 0 radical (unpaired) electrons. The summed E-state index contributed by atoms with van der Waals surface area (Å²) < 4.78 is 52.3. The summed E-state index contributed by atoms with van der Waals surface area (Å²) in [5, 5.41) is 2.60. The molecule has 0 heterocycles. The second-order valence-electron chi connectivity index (χ2n) is 5.49. The van der Waals surface area contributed by atoms with Gasteiger partial charge >= 0.3 is 11.7 Å². The zero-order chi connectivity index (χ0) is 19.9. The summed E-state index contributed by atoms with van der Waals surface area (Å²) in [7, 11) is -4.73. The Kier molecular flexibility index (Phi) is 7.00. The van der Waals surface area contributed by atoms with Crippen LogP contribution in [-0.2, 0) is 25.8 Å². The van der Waals surface area contributed by atoms with Crippen LogP contribution in [0.2, 0.25) is 0 Å². The van der Waals surface area contributed by atoms with E-state index in [0.29, 0.717) is 13.0 Å². The smallest absolute Gasteiger partial charge is 0.341 e. The van der Waals surface area contributed by atoms with Gasteiger partial charge in [-0.3, -0.25) is 4.79 Å². The first-order valence-corrected chi connectivity index (χ1v) is 9.45. The van der Waals surface area contributed by atoms with Crippen LogP contribution in [-0.4, -0.2) is 39.2 Å². The standard InChI is InChI=1S/C18H17F2NO5S/c19-18(20)27(24,25)15-8-6-14(7-9-15)17(23)26-12-16(22)21-11-10-13-4-2-1-3-5-13/h1-9,18H,10-12H2,(H,21,22). The van der Waals surface area contributed by atoms with Crippen LogP contribution in [0.3, 0.4) is 0 Å². The number of carbonyl (C=O) groups is 2. The van der Waals surface area contributed by atoms with E-state index < -0.39 is 39.0 Å². The van der Waals surface area contributed by atoms with E-state index in [1.807, 2.05) is 30.3 Å². The number of sulfone groups is 1. The number of nitrogens with one attached hydrogen (secondary N) is 1. The van der Waals surface area contributed by atoms with E-state index in [-0.39, 0.29) is 5.56 Å². The molecule has 6 nitrogen and oxygen atoms in total. The van der Waals surface area contributed by atoms with Crippen LogP contribution < -0.4 is 5.32 Å². The van der Waals surface area contributed by atoms with Gasteiger partial charge in [0.1, 0.15) is 0 Å². The quantitative estimate of drug-likeness (QED) is 0.690. The Morgan fingerprint density at radius 2 is 1.63 bits per heavy atom. The summed E-state index contributed by atoms with van der Waals surface area (Å²) in [5.74, 6) is -4.90. The number of halogens is 2. The van der Waals surface area contributed by atoms with E-state index in [4.69, 9.17) is 4.74 Å². The highest BCUT2D eigenvalue weighted by atomic mass is 32.2. The van der Waals surface area contributed by atoms with Gasteiger partial charge in [-0.1, -0.05) is 30.3 Å².